The molecule has 0 atom stereocenters. The number of amides is 2. The summed E-state index contributed by atoms with van der Waals surface area (Å²) in [7, 11) is 0. The summed E-state index contributed by atoms with van der Waals surface area (Å²) in [6, 6.07) is 13.8. The molecule has 0 radical (unpaired) electrons. The van der Waals surface area contributed by atoms with Crippen LogP contribution in [0.2, 0.25) is 0 Å². The molecule has 8 heteroatoms. The molecular formula is C27H31N5O3. The number of hydrogen-bond acceptors (Lipinski definition) is 6. The van der Waals surface area contributed by atoms with Gasteiger partial charge in [-0.2, -0.15) is 4.98 Å². The van der Waals surface area contributed by atoms with Gasteiger partial charge in [0.2, 0.25) is 23.5 Å². The molecule has 0 bridgehead atoms. The lowest BCUT2D eigenvalue weighted by atomic mass is 9.95. The molecular weight excluding hydrogens is 442 g/mol. The normalized spacial score (nSPS) is 17.2. The van der Waals surface area contributed by atoms with Crippen LogP contribution in [-0.4, -0.2) is 46.5 Å². The van der Waals surface area contributed by atoms with Crippen LogP contribution in [0.1, 0.15) is 42.7 Å². The van der Waals surface area contributed by atoms with Crippen molar-refractivity contribution < 1.29 is 14.1 Å². The molecule has 3 aromatic rings. The zero-order chi connectivity index (χ0) is 24.4. The van der Waals surface area contributed by atoms with Crippen LogP contribution in [0, 0.1) is 19.8 Å². The van der Waals surface area contributed by atoms with Crippen LogP contribution in [0.4, 0.5) is 11.4 Å². The Hall–Kier alpha value is -3.52. The van der Waals surface area contributed by atoms with Crippen molar-refractivity contribution in [3.8, 4) is 11.4 Å². The van der Waals surface area contributed by atoms with Crippen LogP contribution in [0.15, 0.2) is 47.0 Å². The summed E-state index contributed by atoms with van der Waals surface area (Å²) in [4.78, 5) is 33.8. The van der Waals surface area contributed by atoms with Gasteiger partial charge in [0.15, 0.2) is 0 Å². The first kappa shape index (κ1) is 23.2. The minimum Gasteiger partial charge on any atom is -0.338 e. The molecule has 2 aliphatic rings. The van der Waals surface area contributed by atoms with Crippen molar-refractivity contribution >= 4 is 23.2 Å². The van der Waals surface area contributed by atoms with E-state index in [1.807, 2.05) is 61.2 Å². The second-order valence-corrected chi connectivity index (χ2v) is 9.52. The Morgan fingerprint density at radius 2 is 1.89 bits per heavy atom. The number of likely N-dealkylation sites (tertiary alicyclic amines) is 1. The van der Waals surface area contributed by atoms with Crippen molar-refractivity contribution in [2.45, 2.75) is 46.1 Å². The summed E-state index contributed by atoms with van der Waals surface area (Å²) in [5, 5.41) is 7.22. The first-order chi connectivity index (χ1) is 17.0. The maximum atomic E-state index is 13.0. The smallest absolute Gasteiger partial charge is 0.241 e. The summed E-state index contributed by atoms with van der Waals surface area (Å²) in [5.41, 5.74) is 4.76. The molecule has 2 fully saturated rings. The maximum Gasteiger partial charge on any atom is 0.241 e. The molecule has 2 aliphatic heterocycles. The Morgan fingerprint density at radius 3 is 2.63 bits per heavy atom. The lowest BCUT2D eigenvalue weighted by Crippen LogP contribution is -2.37. The second kappa shape index (κ2) is 10.00. The van der Waals surface area contributed by atoms with E-state index < -0.39 is 0 Å². The summed E-state index contributed by atoms with van der Waals surface area (Å²) in [6.45, 7) is 6.93. The van der Waals surface area contributed by atoms with E-state index in [-0.39, 0.29) is 17.7 Å². The van der Waals surface area contributed by atoms with Crippen molar-refractivity contribution in [1.82, 2.24) is 15.0 Å². The number of benzene rings is 2. The average molecular weight is 474 g/mol. The van der Waals surface area contributed by atoms with E-state index in [4.69, 9.17) is 4.52 Å². The Morgan fingerprint density at radius 1 is 1.09 bits per heavy atom. The molecule has 3 heterocycles. The molecule has 0 aliphatic carbocycles. The number of carbonyl (C=O) groups is 2. The maximum absolute atomic E-state index is 13.0. The van der Waals surface area contributed by atoms with Gasteiger partial charge in [0.25, 0.3) is 0 Å². The van der Waals surface area contributed by atoms with Crippen LogP contribution < -0.4 is 10.2 Å². The zero-order valence-corrected chi connectivity index (χ0v) is 20.3. The van der Waals surface area contributed by atoms with Gasteiger partial charge < -0.3 is 14.7 Å². The lowest BCUT2D eigenvalue weighted by Gasteiger charge is -2.30. The number of piperidine rings is 1. The Kier molecular flexibility index (Phi) is 6.63. The van der Waals surface area contributed by atoms with Crippen LogP contribution >= 0.6 is 0 Å². The second-order valence-electron chi connectivity index (χ2n) is 9.52. The van der Waals surface area contributed by atoms with Crippen molar-refractivity contribution in [2.24, 2.45) is 5.92 Å². The number of carbonyl (C=O) groups excluding carboxylic acids is 2. The third-order valence-corrected chi connectivity index (χ3v) is 7.01. The van der Waals surface area contributed by atoms with Gasteiger partial charge in [-0.05, 0) is 69.5 Å². The van der Waals surface area contributed by atoms with Crippen molar-refractivity contribution in [1.29, 1.82) is 0 Å². The highest BCUT2D eigenvalue weighted by Gasteiger charge is 2.27. The standard InChI is InChI=1S/C27H31N5O3/c1-18-6-3-4-7-22(18)26-29-24(35-30-26)17-31-14-11-20(12-15-31)27(34)28-21-10-9-19(2)23(16-21)32-13-5-8-25(32)33/h3-4,6-7,9-10,16,20H,5,8,11-15,17H2,1-2H3,(H,28,34). The van der Waals surface area contributed by atoms with Gasteiger partial charge in [-0.1, -0.05) is 35.5 Å². The van der Waals surface area contributed by atoms with Crippen LogP contribution in [0.3, 0.4) is 0 Å². The SMILES string of the molecule is Cc1ccccc1-c1noc(CN2CCC(C(=O)Nc3ccc(C)c(N4CCCC4=O)c3)CC2)n1. The summed E-state index contributed by atoms with van der Waals surface area (Å²) in [5.74, 6) is 1.34. The Balaban J connectivity index is 1.15. The summed E-state index contributed by atoms with van der Waals surface area (Å²) in [6.07, 6.45) is 3.01. The van der Waals surface area contributed by atoms with Gasteiger partial charge in [-0.25, -0.2) is 0 Å². The highest BCUT2D eigenvalue weighted by molar-refractivity contribution is 5.98. The molecule has 1 aromatic heterocycles. The topological polar surface area (TPSA) is 91.6 Å². The van der Waals surface area contributed by atoms with Gasteiger partial charge in [-0.3, -0.25) is 14.5 Å². The number of aromatic nitrogens is 2. The molecule has 35 heavy (non-hydrogen) atoms. The van der Waals surface area contributed by atoms with E-state index in [1.54, 1.807) is 0 Å². The molecule has 2 saturated heterocycles. The first-order valence-corrected chi connectivity index (χ1v) is 12.3. The minimum absolute atomic E-state index is 0.0341. The predicted molar refractivity (Wildman–Crippen MR) is 134 cm³/mol. The number of hydrogen-bond donors (Lipinski definition) is 1. The van der Waals surface area contributed by atoms with E-state index >= 15 is 0 Å². The van der Waals surface area contributed by atoms with Gasteiger partial charge in [0.05, 0.1) is 6.54 Å². The lowest BCUT2D eigenvalue weighted by molar-refractivity contribution is -0.121. The van der Waals surface area contributed by atoms with Crippen molar-refractivity contribution in [2.75, 3.05) is 29.9 Å². The van der Waals surface area contributed by atoms with E-state index in [2.05, 4.69) is 20.4 Å². The Bertz CT molecular complexity index is 1230. The molecule has 0 saturated carbocycles. The number of rotatable bonds is 6. The first-order valence-electron chi connectivity index (χ1n) is 12.3. The zero-order valence-electron chi connectivity index (χ0n) is 20.3. The van der Waals surface area contributed by atoms with E-state index in [0.717, 1.165) is 67.0 Å². The number of anilines is 2. The van der Waals surface area contributed by atoms with E-state index in [1.165, 1.54) is 0 Å². The fraction of sp³-hybridized carbons (Fsp3) is 0.407. The third kappa shape index (κ3) is 5.12. The van der Waals surface area contributed by atoms with E-state index in [9.17, 15) is 9.59 Å². The molecule has 2 amide bonds. The quantitative estimate of drug-likeness (QED) is 0.573. The van der Waals surface area contributed by atoms with Crippen LogP contribution in [0.25, 0.3) is 11.4 Å². The van der Waals surface area contributed by atoms with Gasteiger partial charge in [0.1, 0.15) is 0 Å². The fourth-order valence-corrected chi connectivity index (χ4v) is 4.92. The minimum atomic E-state index is -0.0466. The largest absolute Gasteiger partial charge is 0.338 e. The molecule has 5 rings (SSSR count). The van der Waals surface area contributed by atoms with Gasteiger partial charge in [0, 0.05) is 35.8 Å². The summed E-state index contributed by atoms with van der Waals surface area (Å²) >= 11 is 0. The van der Waals surface area contributed by atoms with Gasteiger partial charge >= 0.3 is 0 Å². The Labute approximate surface area is 205 Å². The molecule has 8 nitrogen and oxygen atoms in total. The van der Waals surface area contributed by atoms with Crippen molar-refractivity contribution in [3.05, 3.63) is 59.5 Å². The third-order valence-electron chi connectivity index (χ3n) is 7.01. The van der Waals surface area contributed by atoms with E-state index in [0.29, 0.717) is 24.7 Å². The van der Waals surface area contributed by atoms with Crippen LogP contribution in [-0.2, 0) is 16.1 Å². The van der Waals surface area contributed by atoms with Crippen molar-refractivity contribution in [3.63, 3.8) is 0 Å². The summed E-state index contributed by atoms with van der Waals surface area (Å²) < 4.78 is 5.49. The highest BCUT2D eigenvalue weighted by Crippen LogP contribution is 2.29. The fourth-order valence-electron chi connectivity index (χ4n) is 4.92. The number of nitrogens with zero attached hydrogens (tertiary/aromatic N) is 4. The predicted octanol–water partition coefficient (Wildman–Crippen LogP) is 4.33. The highest BCUT2D eigenvalue weighted by atomic mass is 16.5. The molecule has 0 spiro atoms. The molecule has 0 unspecified atom stereocenters. The average Bonchev–Trinajstić information content (AvgIpc) is 3.50. The van der Waals surface area contributed by atoms with Gasteiger partial charge in [-0.15, -0.1) is 0 Å². The molecule has 182 valence electrons. The monoisotopic (exact) mass is 473 g/mol. The van der Waals surface area contributed by atoms with Crippen LogP contribution in [0.5, 0.6) is 0 Å². The molecule has 1 N–H and O–H groups in total. The number of nitrogens with one attached hydrogen (secondary N) is 1. The molecule has 2 aromatic carbocycles. The number of aryl methyl sites for hydroxylation is 2.